The SMILES string of the molecule is CC(C)N(CCO)Cc1cc2c(cc1N)OCCO2. The molecular weight excluding hydrogens is 244 g/mol. The molecule has 106 valence electrons. The number of anilines is 1. The lowest BCUT2D eigenvalue weighted by atomic mass is 10.1. The van der Waals surface area contributed by atoms with Gasteiger partial charge in [0.25, 0.3) is 0 Å². The first-order valence-corrected chi connectivity index (χ1v) is 6.64. The smallest absolute Gasteiger partial charge is 0.163 e. The zero-order chi connectivity index (χ0) is 13.8. The molecule has 1 aliphatic rings. The van der Waals surface area contributed by atoms with Crippen LogP contribution in [0, 0.1) is 0 Å². The first kappa shape index (κ1) is 14.0. The van der Waals surface area contributed by atoms with E-state index < -0.39 is 0 Å². The Morgan fingerprint density at radius 1 is 1.26 bits per heavy atom. The number of ether oxygens (including phenoxy) is 2. The number of benzene rings is 1. The van der Waals surface area contributed by atoms with E-state index in [1.807, 2.05) is 12.1 Å². The molecule has 19 heavy (non-hydrogen) atoms. The average molecular weight is 266 g/mol. The van der Waals surface area contributed by atoms with Crippen molar-refractivity contribution in [3.05, 3.63) is 17.7 Å². The van der Waals surface area contributed by atoms with E-state index in [4.69, 9.17) is 20.3 Å². The summed E-state index contributed by atoms with van der Waals surface area (Å²) in [7, 11) is 0. The van der Waals surface area contributed by atoms with Crippen molar-refractivity contribution in [1.82, 2.24) is 4.90 Å². The fourth-order valence-corrected chi connectivity index (χ4v) is 2.15. The van der Waals surface area contributed by atoms with E-state index in [1.54, 1.807) is 0 Å². The third-order valence-corrected chi connectivity index (χ3v) is 3.29. The van der Waals surface area contributed by atoms with E-state index in [2.05, 4.69) is 18.7 Å². The van der Waals surface area contributed by atoms with E-state index >= 15 is 0 Å². The quantitative estimate of drug-likeness (QED) is 0.785. The molecule has 1 aromatic carbocycles. The Hall–Kier alpha value is -1.46. The highest BCUT2D eigenvalue weighted by atomic mass is 16.6. The largest absolute Gasteiger partial charge is 0.486 e. The maximum atomic E-state index is 9.11. The molecule has 0 aliphatic carbocycles. The second-order valence-electron chi connectivity index (χ2n) is 4.98. The molecule has 5 heteroatoms. The van der Waals surface area contributed by atoms with Crippen LogP contribution in [0.2, 0.25) is 0 Å². The molecule has 0 saturated carbocycles. The molecule has 0 radical (unpaired) electrons. The van der Waals surface area contributed by atoms with Gasteiger partial charge in [-0.25, -0.2) is 0 Å². The number of aliphatic hydroxyl groups excluding tert-OH is 1. The number of nitrogens with two attached hydrogens (primary N) is 1. The van der Waals surface area contributed by atoms with Crippen LogP contribution in [-0.4, -0.2) is 42.4 Å². The summed E-state index contributed by atoms with van der Waals surface area (Å²) in [5, 5.41) is 9.11. The molecule has 0 bridgehead atoms. The van der Waals surface area contributed by atoms with Crippen LogP contribution in [0.1, 0.15) is 19.4 Å². The van der Waals surface area contributed by atoms with Crippen molar-refractivity contribution < 1.29 is 14.6 Å². The van der Waals surface area contributed by atoms with E-state index in [0.29, 0.717) is 43.8 Å². The first-order chi connectivity index (χ1) is 9.11. The minimum Gasteiger partial charge on any atom is -0.486 e. The minimum atomic E-state index is 0.142. The van der Waals surface area contributed by atoms with Gasteiger partial charge < -0.3 is 20.3 Å². The van der Waals surface area contributed by atoms with Gasteiger partial charge in [0.1, 0.15) is 13.2 Å². The lowest BCUT2D eigenvalue weighted by molar-refractivity contribution is 0.157. The van der Waals surface area contributed by atoms with Crippen LogP contribution >= 0.6 is 0 Å². The molecule has 2 rings (SSSR count). The number of aliphatic hydroxyl groups is 1. The number of fused-ring (bicyclic) bond motifs is 1. The molecule has 0 atom stereocenters. The molecule has 1 aromatic rings. The van der Waals surface area contributed by atoms with Crippen LogP contribution in [-0.2, 0) is 6.54 Å². The molecule has 0 unspecified atom stereocenters. The molecule has 1 aliphatic heterocycles. The molecule has 0 saturated heterocycles. The van der Waals surface area contributed by atoms with Crippen molar-refractivity contribution in [1.29, 1.82) is 0 Å². The number of hydrogen-bond acceptors (Lipinski definition) is 5. The number of nitrogen functional groups attached to an aromatic ring is 1. The fraction of sp³-hybridized carbons (Fsp3) is 0.571. The maximum absolute atomic E-state index is 9.11. The second kappa shape index (κ2) is 6.12. The van der Waals surface area contributed by atoms with Gasteiger partial charge in [-0.3, -0.25) is 4.90 Å². The normalized spacial score (nSPS) is 14.2. The van der Waals surface area contributed by atoms with E-state index in [1.165, 1.54) is 0 Å². The summed E-state index contributed by atoms with van der Waals surface area (Å²) < 4.78 is 11.1. The van der Waals surface area contributed by atoms with Crippen molar-refractivity contribution in [3.8, 4) is 11.5 Å². The lowest BCUT2D eigenvalue weighted by Crippen LogP contribution is -2.33. The molecule has 0 aromatic heterocycles. The second-order valence-corrected chi connectivity index (χ2v) is 4.98. The number of rotatable bonds is 5. The van der Waals surface area contributed by atoms with Gasteiger partial charge in [0.05, 0.1) is 6.61 Å². The van der Waals surface area contributed by atoms with Crippen molar-refractivity contribution in [2.45, 2.75) is 26.4 Å². The van der Waals surface area contributed by atoms with Gasteiger partial charge in [-0.05, 0) is 25.5 Å². The van der Waals surface area contributed by atoms with Gasteiger partial charge >= 0.3 is 0 Å². The predicted molar refractivity (Wildman–Crippen MR) is 74.5 cm³/mol. The van der Waals surface area contributed by atoms with Gasteiger partial charge in [0.15, 0.2) is 11.5 Å². The van der Waals surface area contributed by atoms with E-state index in [9.17, 15) is 0 Å². The van der Waals surface area contributed by atoms with Crippen LogP contribution in [0.5, 0.6) is 11.5 Å². The Morgan fingerprint density at radius 2 is 1.89 bits per heavy atom. The fourth-order valence-electron chi connectivity index (χ4n) is 2.15. The highest BCUT2D eigenvalue weighted by molar-refractivity contribution is 5.58. The molecule has 0 fully saturated rings. The first-order valence-electron chi connectivity index (χ1n) is 6.64. The summed E-state index contributed by atoms with van der Waals surface area (Å²) in [4.78, 5) is 2.17. The summed E-state index contributed by atoms with van der Waals surface area (Å²) in [6.45, 7) is 6.80. The molecule has 1 heterocycles. The summed E-state index contributed by atoms with van der Waals surface area (Å²) in [5.41, 5.74) is 7.77. The van der Waals surface area contributed by atoms with E-state index in [0.717, 1.165) is 11.3 Å². The zero-order valence-electron chi connectivity index (χ0n) is 11.6. The summed E-state index contributed by atoms with van der Waals surface area (Å²) in [5.74, 6) is 1.47. The summed E-state index contributed by atoms with van der Waals surface area (Å²) in [6, 6.07) is 4.11. The van der Waals surface area contributed by atoms with Gasteiger partial charge in [0.2, 0.25) is 0 Å². The van der Waals surface area contributed by atoms with Crippen LogP contribution in [0.25, 0.3) is 0 Å². The van der Waals surface area contributed by atoms with Crippen molar-refractivity contribution in [3.63, 3.8) is 0 Å². The van der Waals surface area contributed by atoms with Crippen LogP contribution in [0.15, 0.2) is 12.1 Å². The molecule has 5 nitrogen and oxygen atoms in total. The van der Waals surface area contributed by atoms with Crippen molar-refractivity contribution in [2.24, 2.45) is 0 Å². The summed E-state index contributed by atoms with van der Waals surface area (Å²) in [6.07, 6.45) is 0. The number of hydrogen-bond donors (Lipinski definition) is 2. The molecule has 0 amide bonds. The van der Waals surface area contributed by atoms with Gasteiger partial charge in [-0.1, -0.05) is 0 Å². The Balaban J connectivity index is 2.19. The highest BCUT2D eigenvalue weighted by Crippen LogP contribution is 2.35. The predicted octanol–water partition coefficient (Wildman–Crippen LogP) is 1.24. The Morgan fingerprint density at radius 3 is 2.47 bits per heavy atom. The number of nitrogens with zero attached hydrogens (tertiary/aromatic N) is 1. The van der Waals surface area contributed by atoms with E-state index in [-0.39, 0.29) is 6.61 Å². The molecule has 0 spiro atoms. The van der Waals surface area contributed by atoms with Crippen LogP contribution < -0.4 is 15.2 Å². The van der Waals surface area contributed by atoms with Gasteiger partial charge in [-0.15, -0.1) is 0 Å². The zero-order valence-corrected chi connectivity index (χ0v) is 11.6. The van der Waals surface area contributed by atoms with Crippen molar-refractivity contribution in [2.75, 3.05) is 32.1 Å². The lowest BCUT2D eigenvalue weighted by Gasteiger charge is -2.27. The third-order valence-electron chi connectivity index (χ3n) is 3.29. The monoisotopic (exact) mass is 266 g/mol. The van der Waals surface area contributed by atoms with Gasteiger partial charge in [0, 0.05) is 30.9 Å². The Bertz CT molecular complexity index is 435. The third kappa shape index (κ3) is 3.30. The van der Waals surface area contributed by atoms with Gasteiger partial charge in [-0.2, -0.15) is 0 Å². The van der Waals surface area contributed by atoms with Crippen LogP contribution in [0.3, 0.4) is 0 Å². The molecule has 3 N–H and O–H groups in total. The highest BCUT2D eigenvalue weighted by Gasteiger charge is 2.17. The average Bonchev–Trinajstić information content (AvgIpc) is 2.38. The maximum Gasteiger partial charge on any atom is 0.163 e. The molecular formula is C14H22N2O3. The summed E-state index contributed by atoms with van der Waals surface area (Å²) >= 11 is 0. The Labute approximate surface area is 113 Å². The van der Waals surface area contributed by atoms with Crippen LogP contribution in [0.4, 0.5) is 5.69 Å². The minimum absolute atomic E-state index is 0.142. The Kier molecular flexibility index (Phi) is 4.50. The standard InChI is InChI=1S/C14H22N2O3/c1-10(2)16(3-4-17)9-11-7-13-14(8-12(11)15)19-6-5-18-13/h7-8,10,17H,3-6,9,15H2,1-2H3. The topological polar surface area (TPSA) is 68.0 Å². The van der Waals surface area contributed by atoms with Crippen molar-refractivity contribution >= 4 is 5.69 Å².